The van der Waals surface area contributed by atoms with Crippen molar-refractivity contribution in [2.45, 2.75) is 13.5 Å². The van der Waals surface area contributed by atoms with E-state index in [1.807, 2.05) is 12.1 Å². The quantitative estimate of drug-likeness (QED) is 0.444. The van der Waals surface area contributed by atoms with Gasteiger partial charge >= 0.3 is 0 Å². The third kappa shape index (κ3) is 3.29. The van der Waals surface area contributed by atoms with Crippen LogP contribution in [-0.2, 0) is 11.3 Å². The average Bonchev–Trinajstić information content (AvgIpc) is 3.24. The lowest BCUT2D eigenvalue weighted by Gasteiger charge is -2.15. The van der Waals surface area contributed by atoms with Gasteiger partial charge in [0.2, 0.25) is 5.91 Å². The first-order valence-electron chi connectivity index (χ1n) is 9.88. The van der Waals surface area contributed by atoms with E-state index >= 15 is 0 Å². The van der Waals surface area contributed by atoms with Crippen molar-refractivity contribution in [1.82, 2.24) is 24.8 Å². The number of benzene rings is 3. The van der Waals surface area contributed by atoms with Gasteiger partial charge in [-0.25, -0.2) is 4.39 Å². The fourth-order valence-electron chi connectivity index (χ4n) is 3.79. The van der Waals surface area contributed by atoms with Crippen molar-refractivity contribution in [3.8, 4) is 5.69 Å². The smallest absolute Gasteiger partial charge is 0.244 e. The summed E-state index contributed by atoms with van der Waals surface area (Å²) in [5.74, 6) is -0.490. The Bertz CT molecular complexity index is 1500. The molecule has 9 heteroatoms. The van der Waals surface area contributed by atoms with Crippen molar-refractivity contribution in [1.29, 1.82) is 0 Å². The maximum Gasteiger partial charge on any atom is 0.244 e. The number of carbonyl (C=O) groups excluding carboxylic acids is 1. The molecule has 0 bridgehead atoms. The number of para-hydroxylation sites is 2. The number of rotatable bonds is 4. The summed E-state index contributed by atoms with van der Waals surface area (Å²) in [7, 11) is 0. The van der Waals surface area contributed by atoms with E-state index in [9.17, 15) is 14.0 Å². The summed E-state index contributed by atoms with van der Waals surface area (Å²) in [5.41, 5.74) is 1.69. The van der Waals surface area contributed by atoms with E-state index in [1.165, 1.54) is 22.9 Å². The molecule has 2 aromatic heterocycles. The maximum atomic E-state index is 14.4. The second-order valence-corrected chi connectivity index (χ2v) is 7.30. The summed E-state index contributed by atoms with van der Waals surface area (Å²) in [5, 5.41) is 14.9. The highest BCUT2D eigenvalue weighted by molar-refractivity contribution is 5.97. The molecule has 0 fully saturated rings. The zero-order valence-corrected chi connectivity index (χ0v) is 17.0. The van der Waals surface area contributed by atoms with Crippen molar-refractivity contribution < 1.29 is 9.18 Å². The van der Waals surface area contributed by atoms with Crippen LogP contribution >= 0.6 is 0 Å². The third-order valence-electron chi connectivity index (χ3n) is 5.27. The normalized spacial score (nSPS) is 11.2. The molecular formula is C23H17FN6O2. The summed E-state index contributed by atoms with van der Waals surface area (Å²) in [4.78, 5) is 25.8. The predicted octanol–water partition coefficient (Wildman–Crippen LogP) is 3.22. The molecule has 8 nitrogen and oxygen atoms in total. The van der Waals surface area contributed by atoms with Crippen LogP contribution in [-0.4, -0.2) is 30.7 Å². The summed E-state index contributed by atoms with van der Waals surface area (Å²) >= 11 is 0. The van der Waals surface area contributed by atoms with Crippen molar-refractivity contribution in [2.75, 3.05) is 5.32 Å². The van der Waals surface area contributed by atoms with Gasteiger partial charge in [0.05, 0.1) is 22.4 Å². The van der Waals surface area contributed by atoms with E-state index in [4.69, 9.17) is 0 Å². The Hall–Kier alpha value is -4.40. The number of pyridine rings is 1. The van der Waals surface area contributed by atoms with Gasteiger partial charge in [-0.15, -0.1) is 5.10 Å². The van der Waals surface area contributed by atoms with Crippen LogP contribution < -0.4 is 10.7 Å². The van der Waals surface area contributed by atoms with E-state index in [-0.39, 0.29) is 17.7 Å². The van der Waals surface area contributed by atoms with Gasteiger partial charge < -0.3 is 9.88 Å². The Labute approximate surface area is 180 Å². The van der Waals surface area contributed by atoms with E-state index in [2.05, 4.69) is 20.8 Å². The van der Waals surface area contributed by atoms with Crippen LogP contribution in [0.25, 0.3) is 27.5 Å². The number of fused-ring (bicyclic) bond motifs is 2. The molecular weight excluding hydrogens is 411 g/mol. The number of nitrogens with zero attached hydrogens (tertiary/aromatic N) is 5. The molecule has 0 spiro atoms. The maximum absolute atomic E-state index is 14.4. The zero-order valence-electron chi connectivity index (χ0n) is 17.0. The Kier molecular flexibility index (Phi) is 4.70. The zero-order chi connectivity index (χ0) is 22.2. The molecule has 32 heavy (non-hydrogen) atoms. The molecule has 0 atom stereocenters. The number of aromatic nitrogens is 5. The van der Waals surface area contributed by atoms with Crippen LogP contribution in [0.2, 0.25) is 0 Å². The number of tetrazole rings is 1. The Balaban J connectivity index is 1.53. The van der Waals surface area contributed by atoms with Crippen LogP contribution in [0.3, 0.4) is 0 Å². The number of halogens is 1. The molecule has 0 radical (unpaired) electrons. The molecule has 0 saturated heterocycles. The van der Waals surface area contributed by atoms with Gasteiger partial charge in [0, 0.05) is 10.8 Å². The highest BCUT2D eigenvalue weighted by Gasteiger charge is 2.15. The number of carbonyl (C=O) groups is 1. The molecule has 0 aliphatic heterocycles. The molecule has 5 aromatic rings. The summed E-state index contributed by atoms with van der Waals surface area (Å²) in [6.45, 7) is 1.61. The Morgan fingerprint density at radius 1 is 1.00 bits per heavy atom. The van der Waals surface area contributed by atoms with Crippen molar-refractivity contribution in [3.05, 3.63) is 88.6 Å². The Morgan fingerprint density at radius 2 is 1.66 bits per heavy atom. The van der Waals surface area contributed by atoms with Gasteiger partial charge in [0.25, 0.3) is 0 Å². The average molecular weight is 428 g/mol. The van der Waals surface area contributed by atoms with Crippen LogP contribution in [0.5, 0.6) is 0 Å². The second kappa shape index (κ2) is 7.69. The molecule has 0 saturated carbocycles. The minimum Gasteiger partial charge on any atom is -0.331 e. The summed E-state index contributed by atoms with van der Waals surface area (Å²) in [6, 6.07) is 18.5. The highest BCUT2D eigenvalue weighted by Crippen LogP contribution is 2.21. The largest absolute Gasteiger partial charge is 0.331 e. The van der Waals surface area contributed by atoms with Crippen LogP contribution in [0.4, 0.5) is 10.1 Å². The monoisotopic (exact) mass is 428 g/mol. The second-order valence-electron chi connectivity index (χ2n) is 7.30. The van der Waals surface area contributed by atoms with Gasteiger partial charge in [-0.3, -0.25) is 9.59 Å². The molecule has 2 heterocycles. The molecule has 0 aliphatic rings. The minimum atomic E-state index is -0.581. The van der Waals surface area contributed by atoms with E-state index in [0.717, 1.165) is 0 Å². The fraction of sp³-hybridized carbons (Fsp3) is 0.0870. The van der Waals surface area contributed by atoms with Crippen LogP contribution in [0.15, 0.2) is 71.5 Å². The number of anilines is 1. The number of hydrogen-bond donors (Lipinski definition) is 1. The molecule has 0 aliphatic carbocycles. The van der Waals surface area contributed by atoms with Gasteiger partial charge in [0.1, 0.15) is 12.4 Å². The molecule has 1 amide bonds. The number of amides is 1. The molecule has 0 unspecified atom stereocenters. The first-order chi connectivity index (χ1) is 15.5. The van der Waals surface area contributed by atoms with E-state index in [1.54, 1.807) is 47.9 Å². The van der Waals surface area contributed by atoms with Gasteiger partial charge in [-0.2, -0.15) is 4.68 Å². The van der Waals surface area contributed by atoms with Crippen molar-refractivity contribution >= 4 is 33.4 Å². The van der Waals surface area contributed by atoms with Gasteiger partial charge in [-0.1, -0.05) is 24.3 Å². The number of aryl methyl sites for hydroxylation is 1. The van der Waals surface area contributed by atoms with Crippen LogP contribution in [0, 0.1) is 12.7 Å². The SMILES string of the molecule is Cc1nnnn1-c1ccc(F)c(NC(=O)Cn2c3ccccc3c(=O)c3ccccc32)c1. The lowest BCUT2D eigenvalue weighted by Crippen LogP contribution is -2.22. The summed E-state index contributed by atoms with van der Waals surface area (Å²) < 4.78 is 17.6. The number of hydrogen-bond acceptors (Lipinski definition) is 5. The van der Waals surface area contributed by atoms with Gasteiger partial charge in [-0.05, 0) is 59.8 Å². The summed E-state index contributed by atoms with van der Waals surface area (Å²) in [6.07, 6.45) is 0. The molecule has 1 N–H and O–H groups in total. The van der Waals surface area contributed by atoms with Crippen LogP contribution in [0.1, 0.15) is 5.82 Å². The lowest BCUT2D eigenvalue weighted by atomic mass is 10.1. The predicted molar refractivity (Wildman–Crippen MR) is 118 cm³/mol. The first kappa shape index (κ1) is 19.6. The first-order valence-corrected chi connectivity index (χ1v) is 9.88. The lowest BCUT2D eigenvalue weighted by molar-refractivity contribution is -0.116. The fourth-order valence-corrected chi connectivity index (χ4v) is 3.79. The minimum absolute atomic E-state index is 0.0112. The number of nitrogens with one attached hydrogen (secondary N) is 1. The van der Waals surface area contributed by atoms with Crippen molar-refractivity contribution in [2.24, 2.45) is 0 Å². The van der Waals surface area contributed by atoms with Gasteiger partial charge in [0.15, 0.2) is 11.3 Å². The van der Waals surface area contributed by atoms with Crippen molar-refractivity contribution in [3.63, 3.8) is 0 Å². The standard InChI is InChI=1S/C23H17FN6O2/c1-14-26-27-28-30(14)15-10-11-18(24)19(12-15)25-22(31)13-29-20-8-4-2-6-16(20)23(32)17-7-3-5-9-21(17)29/h2-12H,13H2,1H3,(H,25,31). The molecule has 158 valence electrons. The van der Waals surface area contributed by atoms with E-state index < -0.39 is 11.7 Å². The molecule has 5 rings (SSSR count). The molecule has 3 aromatic carbocycles. The highest BCUT2D eigenvalue weighted by atomic mass is 19.1. The third-order valence-corrected chi connectivity index (χ3v) is 5.27. The Morgan fingerprint density at radius 3 is 2.28 bits per heavy atom. The topological polar surface area (TPSA) is 94.7 Å². The van der Waals surface area contributed by atoms with E-state index in [0.29, 0.717) is 33.3 Å².